The van der Waals surface area contributed by atoms with E-state index in [-0.39, 0.29) is 18.1 Å². The molecule has 9 nitrogen and oxygen atoms in total. The van der Waals surface area contributed by atoms with Crippen molar-refractivity contribution in [2.24, 2.45) is 0 Å². The molecule has 1 aromatic rings. The van der Waals surface area contributed by atoms with Gasteiger partial charge >= 0.3 is 21.6 Å². The predicted octanol–water partition coefficient (Wildman–Crippen LogP) is 3.38. The van der Waals surface area contributed by atoms with Gasteiger partial charge in [-0.1, -0.05) is 25.7 Å². The molecule has 184 valence electrons. The van der Waals surface area contributed by atoms with E-state index < -0.39 is 53.8 Å². The maximum absolute atomic E-state index is 12.8. The van der Waals surface area contributed by atoms with Crippen molar-refractivity contribution < 1.29 is 49.9 Å². The molecule has 1 N–H and O–H groups in total. The molecule has 1 aliphatic heterocycles. The average molecular weight is 512 g/mol. The smallest absolute Gasteiger partial charge is 0.480 e. The second-order valence-electron chi connectivity index (χ2n) is 8.36. The lowest BCUT2D eigenvalue weighted by Crippen LogP contribution is -2.38. The number of rotatable bonds is 10. The fraction of sp³-hybridized carbons (Fsp3) is 0.474. The second kappa shape index (κ2) is 10.1. The molecule has 0 saturated carbocycles. The molecule has 33 heavy (non-hydrogen) atoms. The Labute approximate surface area is 189 Å². The first-order valence-corrected chi connectivity index (χ1v) is 14.8. The number of aliphatic carboxylic acids is 1. The van der Waals surface area contributed by atoms with Gasteiger partial charge in [0.1, 0.15) is 17.6 Å². The number of alkyl halides is 3. The van der Waals surface area contributed by atoms with Crippen LogP contribution in [0.15, 0.2) is 36.2 Å². The van der Waals surface area contributed by atoms with Gasteiger partial charge in [-0.3, -0.25) is 9.69 Å². The molecule has 1 unspecified atom stereocenters. The van der Waals surface area contributed by atoms with Crippen LogP contribution >= 0.6 is 0 Å². The van der Waals surface area contributed by atoms with E-state index in [0.717, 1.165) is 6.04 Å². The number of hydrogen-bond donors (Lipinski definition) is 1. The van der Waals surface area contributed by atoms with Gasteiger partial charge in [0.05, 0.1) is 0 Å². The molecular formula is C19H24F3NO8SSi. The molecule has 0 saturated heterocycles. The number of carbonyl (C=O) groups excluding carboxylic acids is 1. The van der Waals surface area contributed by atoms with Crippen molar-refractivity contribution in [3.05, 3.63) is 41.8 Å². The number of nitrogens with zero attached hydrogens (tertiary/aromatic N) is 1. The van der Waals surface area contributed by atoms with Crippen molar-refractivity contribution >= 4 is 30.1 Å². The van der Waals surface area contributed by atoms with Gasteiger partial charge < -0.3 is 18.8 Å². The Hall–Kier alpha value is -2.58. The largest absolute Gasteiger partial charge is 0.534 e. The highest BCUT2D eigenvalue weighted by Gasteiger charge is 2.50. The second-order valence-corrected chi connectivity index (χ2v) is 15.5. The van der Waals surface area contributed by atoms with Gasteiger partial charge in [-0.2, -0.15) is 21.6 Å². The van der Waals surface area contributed by atoms with Gasteiger partial charge in [-0.05, 0) is 24.2 Å². The third-order valence-electron chi connectivity index (χ3n) is 4.42. The Morgan fingerprint density at radius 3 is 2.48 bits per heavy atom. The summed E-state index contributed by atoms with van der Waals surface area (Å²) in [7, 11) is -7.27. The van der Waals surface area contributed by atoms with Gasteiger partial charge in [-0.25, -0.2) is 4.79 Å². The quantitative estimate of drug-likeness (QED) is 0.167. The van der Waals surface area contributed by atoms with Crippen LogP contribution in [-0.2, 0) is 23.8 Å². The fourth-order valence-electron chi connectivity index (χ4n) is 2.65. The minimum Gasteiger partial charge on any atom is -0.480 e. The summed E-state index contributed by atoms with van der Waals surface area (Å²) in [6.07, 6.45) is -0.116. The highest BCUT2D eigenvalue weighted by atomic mass is 32.2. The van der Waals surface area contributed by atoms with Gasteiger partial charge in [0.15, 0.2) is 6.79 Å². The average Bonchev–Trinajstić information content (AvgIpc) is 3.09. The first kappa shape index (κ1) is 26.7. The zero-order chi connectivity index (χ0) is 25.0. The highest BCUT2D eigenvalue weighted by Crippen LogP contribution is 2.32. The minimum absolute atomic E-state index is 0.0305. The minimum atomic E-state index is -6.01. The molecule has 0 radical (unpaired) electrons. The normalized spacial score (nSPS) is 17.0. The monoisotopic (exact) mass is 511 g/mol. The molecule has 0 spiro atoms. The number of hydrogen-bond acceptors (Lipinski definition) is 7. The lowest BCUT2D eigenvalue weighted by Gasteiger charge is -2.20. The molecule has 0 fully saturated rings. The molecule has 0 aliphatic carbocycles. The molecule has 1 heterocycles. The topological polar surface area (TPSA) is 119 Å². The van der Waals surface area contributed by atoms with Crippen LogP contribution in [0.3, 0.4) is 0 Å². The Morgan fingerprint density at radius 2 is 1.91 bits per heavy atom. The standard InChI is InChI=1S/C19H24F3NO8SSi/c1-33(2,3)8-7-29-12-30-14-6-4-5-13(9-14)17(24)23-11-15(10-16(23)18(25)26)31-32(27,28)19(20,21)22/h4-6,9,11,16H,7-8,10,12H2,1-3H3,(H,25,26). The van der Waals surface area contributed by atoms with Crippen molar-refractivity contribution in [2.45, 2.75) is 43.7 Å². The number of amides is 1. The van der Waals surface area contributed by atoms with Crippen LogP contribution in [0, 0.1) is 0 Å². The Morgan fingerprint density at radius 1 is 1.24 bits per heavy atom. The van der Waals surface area contributed by atoms with Gasteiger partial charge in [0.25, 0.3) is 5.91 Å². The first-order valence-electron chi connectivity index (χ1n) is 9.68. The van der Waals surface area contributed by atoms with Crippen molar-refractivity contribution in [2.75, 3.05) is 13.4 Å². The molecule has 2 rings (SSSR count). The number of halogens is 3. The summed E-state index contributed by atoms with van der Waals surface area (Å²) in [5.41, 5.74) is -5.73. The Bertz CT molecular complexity index is 1020. The summed E-state index contributed by atoms with van der Waals surface area (Å²) in [6, 6.07) is 4.94. The van der Waals surface area contributed by atoms with E-state index in [4.69, 9.17) is 9.47 Å². The van der Waals surface area contributed by atoms with Crippen LogP contribution in [-0.4, -0.2) is 63.3 Å². The van der Waals surface area contributed by atoms with Crippen LogP contribution in [0.25, 0.3) is 0 Å². The van der Waals surface area contributed by atoms with Gasteiger partial charge in [0, 0.05) is 32.9 Å². The van der Waals surface area contributed by atoms with Crippen LogP contribution in [0.1, 0.15) is 16.8 Å². The van der Waals surface area contributed by atoms with E-state index in [0.29, 0.717) is 17.7 Å². The van der Waals surface area contributed by atoms with Crippen molar-refractivity contribution in [1.82, 2.24) is 4.90 Å². The van der Waals surface area contributed by atoms with E-state index in [1.165, 1.54) is 24.3 Å². The van der Waals surface area contributed by atoms with Crippen LogP contribution in [0.5, 0.6) is 5.75 Å². The van der Waals surface area contributed by atoms with E-state index in [9.17, 15) is 36.3 Å². The molecule has 0 bridgehead atoms. The van der Waals surface area contributed by atoms with Gasteiger partial charge in [-0.15, -0.1) is 0 Å². The summed E-state index contributed by atoms with van der Waals surface area (Å²) in [5, 5.41) is 9.34. The lowest BCUT2D eigenvalue weighted by molar-refractivity contribution is -0.141. The maximum atomic E-state index is 12.8. The number of carboxylic acid groups (broad SMARTS) is 1. The fourth-order valence-corrected chi connectivity index (χ4v) is 3.90. The number of carboxylic acids is 1. The SMILES string of the molecule is C[Si](C)(C)CCOCOc1cccc(C(=O)N2C=C(OS(=O)(=O)C(F)(F)F)CC2C(=O)O)c1. The summed E-state index contributed by atoms with van der Waals surface area (Å²) in [6.45, 7) is 7.02. The molecule has 14 heteroatoms. The Kier molecular flexibility index (Phi) is 8.19. The highest BCUT2D eigenvalue weighted by molar-refractivity contribution is 7.87. The third kappa shape index (κ3) is 7.47. The van der Waals surface area contributed by atoms with Gasteiger partial charge in [0.2, 0.25) is 0 Å². The maximum Gasteiger partial charge on any atom is 0.534 e. The molecular weight excluding hydrogens is 487 g/mol. The number of benzene rings is 1. The first-order chi connectivity index (χ1) is 15.1. The van der Waals surface area contributed by atoms with Crippen molar-refractivity contribution in [1.29, 1.82) is 0 Å². The van der Waals surface area contributed by atoms with E-state index in [1.54, 1.807) is 0 Å². The van der Waals surface area contributed by atoms with Crippen LogP contribution in [0.2, 0.25) is 25.7 Å². The van der Waals surface area contributed by atoms with Crippen LogP contribution < -0.4 is 4.74 Å². The summed E-state index contributed by atoms with van der Waals surface area (Å²) >= 11 is 0. The van der Waals surface area contributed by atoms with E-state index >= 15 is 0 Å². The molecule has 1 aromatic carbocycles. The lowest BCUT2D eigenvalue weighted by atomic mass is 10.1. The zero-order valence-corrected chi connectivity index (χ0v) is 19.9. The Balaban J connectivity index is 2.12. The van der Waals surface area contributed by atoms with Crippen LogP contribution in [0.4, 0.5) is 13.2 Å². The number of carbonyl (C=O) groups is 2. The number of ether oxygens (including phenoxy) is 2. The third-order valence-corrected chi connectivity index (χ3v) is 7.12. The molecule has 1 atom stereocenters. The van der Waals surface area contributed by atoms with E-state index in [2.05, 4.69) is 23.8 Å². The molecule has 1 aliphatic rings. The van der Waals surface area contributed by atoms with E-state index in [1.807, 2.05) is 0 Å². The van der Waals surface area contributed by atoms with Crippen molar-refractivity contribution in [3.8, 4) is 5.75 Å². The summed E-state index contributed by atoms with van der Waals surface area (Å²) in [5.74, 6) is -3.02. The summed E-state index contributed by atoms with van der Waals surface area (Å²) in [4.78, 5) is 24.9. The van der Waals surface area contributed by atoms with Crippen molar-refractivity contribution in [3.63, 3.8) is 0 Å². The predicted molar refractivity (Wildman–Crippen MR) is 112 cm³/mol. The molecule has 0 aromatic heterocycles. The summed E-state index contributed by atoms with van der Waals surface area (Å²) < 4.78 is 74.9. The molecule has 1 amide bonds. The zero-order valence-electron chi connectivity index (χ0n) is 18.1.